The lowest BCUT2D eigenvalue weighted by Gasteiger charge is -2.28. The van der Waals surface area contributed by atoms with E-state index in [1.54, 1.807) is 11.1 Å². The number of hydrogen-bond acceptors (Lipinski definition) is 0. The Kier molecular flexibility index (Phi) is 7.34. The molecule has 0 saturated heterocycles. The number of rotatable bonds is 10. The maximum Gasteiger partial charge on any atom is 0.00642 e. The van der Waals surface area contributed by atoms with Gasteiger partial charge in [-0.25, -0.2) is 0 Å². The van der Waals surface area contributed by atoms with Crippen molar-refractivity contribution in [1.29, 1.82) is 0 Å². The Bertz CT molecular complexity index is 949. The van der Waals surface area contributed by atoms with E-state index >= 15 is 0 Å². The van der Waals surface area contributed by atoms with Gasteiger partial charge in [0.1, 0.15) is 0 Å². The van der Waals surface area contributed by atoms with Crippen molar-refractivity contribution in [2.75, 3.05) is 0 Å². The van der Waals surface area contributed by atoms with Crippen molar-refractivity contribution in [1.82, 2.24) is 0 Å². The lowest BCUT2D eigenvalue weighted by molar-refractivity contribution is 0.711. The minimum atomic E-state index is 0.600. The monoisotopic (exact) mass is 392 g/mol. The lowest BCUT2D eigenvalue weighted by atomic mass is 9.77. The molecule has 0 amide bonds. The van der Waals surface area contributed by atoms with Crippen molar-refractivity contribution in [3.05, 3.63) is 131 Å². The molecule has 1 aliphatic carbocycles. The van der Waals surface area contributed by atoms with Crippen LogP contribution >= 0.6 is 0 Å². The number of benzene rings is 3. The van der Waals surface area contributed by atoms with E-state index in [9.17, 15) is 0 Å². The molecule has 0 spiro atoms. The normalized spacial score (nSPS) is 16.1. The number of allylic oxidation sites excluding steroid dienone is 4. The van der Waals surface area contributed by atoms with Crippen LogP contribution in [0.4, 0.5) is 0 Å². The van der Waals surface area contributed by atoms with E-state index in [1.807, 2.05) is 0 Å². The van der Waals surface area contributed by atoms with Crippen LogP contribution in [0.3, 0.4) is 0 Å². The van der Waals surface area contributed by atoms with Gasteiger partial charge in [-0.2, -0.15) is 0 Å². The van der Waals surface area contributed by atoms with Crippen molar-refractivity contribution in [3.63, 3.8) is 0 Å². The van der Waals surface area contributed by atoms with Gasteiger partial charge < -0.3 is 0 Å². The molecule has 3 aromatic rings. The van der Waals surface area contributed by atoms with Crippen LogP contribution in [0.1, 0.15) is 54.7 Å². The van der Waals surface area contributed by atoms with Crippen LogP contribution in [-0.4, -0.2) is 0 Å². The third kappa shape index (κ3) is 5.83. The van der Waals surface area contributed by atoms with E-state index in [1.165, 1.54) is 55.2 Å². The summed E-state index contributed by atoms with van der Waals surface area (Å²) in [6.45, 7) is 0. The van der Waals surface area contributed by atoms with Gasteiger partial charge in [0.15, 0.2) is 0 Å². The highest BCUT2D eigenvalue weighted by atomic mass is 14.3. The van der Waals surface area contributed by atoms with Crippen LogP contribution in [0, 0.1) is 0 Å². The molecule has 0 bridgehead atoms. The highest BCUT2D eigenvalue weighted by Crippen LogP contribution is 2.40. The fraction of sp³-hybridized carbons (Fsp3) is 0.267. The van der Waals surface area contributed by atoms with Gasteiger partial charge in [-0.05, 0) is 72.8 Å². The number of unbranched alkanes of at least 4 members (excludes halogenated alkanes) is 1. The van der Waals surface area contributed by atoms with Crippen molar-refractivity contribution in [2.24, 2.45) is 0 Å². The predicted octanol–water partition coefficient (Wildman–Crippen LogP) is 8.07. The SMILES string of the molecule is C1=C(/C(=C\CCCc2ccccc2)CCCc2ccccc2)CC1c1ccccc1. The van der Waals surface area contributed by atoms with Crippen LogP contribution in [0.25, 0.3) is 0 Å². The fourth-order valence-corrected chi connectivity index (χ4v) is 4.35. The Morgan fingerprint density at radius 3 is 1.83 bits per heavy atom. The fourth-order valence-electron chi connectivity index (χ4n) is 4.35. The molecule has 0 heterocycles. The van der Waals surface area contributed by atoms with Gasteiger partial charge in [0.2, 0.25) is 0 Å². The molecule has 0 aliphatic heterocycles. The van der Waals surface area contributed by atoms with Gasteiger partial charge in [-0.15, -0.1) is 0 Å². The van der Waals surface area contributed by atoms with E-state index in [0.29, 0.717) is 5.92 Å². The minimum Gasteiger partial charge on any atom is -0.0810 e. The summed E-state index contributed by atoms with van der Waals surface area (Å²) in [6, 6.07) is 32.7. The van der Waals surface area contributed by atoms with Gasteiger partial charge in [0.05, 0.1) is 0 Å². The third-order valence-corrected chi connectivity index (χ3v) is 6.14. The average molecular weight is 393 g/mol. The first-order valence-electron chi connectivity index (χ1n) is 11.4. The zero-order valence-electron chi connectivity index (χ0n) is 17.8. The zero-order chi connectivity index (χ0) is 20.4. The predicted molar refractivity (Wildman–Crippen MR) is 129 cm³/mol. The Morgan fingerprint density at radius 1 is 0.700 bits per heavy atom. The molecule has 0 radical (unpaired) electrons. The minimum absolute atomic E-state index is 0.600. The second kappa shape index (κ2) is 10.8. The summed E-state index contributed by atoms with van der Waals surface area (Å²) in [5.41, 5.74) is 7.52. The van der Waals surface area contributed by atoms with Gasteiger partial charge in [0, 0.05) is 5.92 Å². The van der Waals surface area contributed by atoms with Crippen LogP contribution in [0.2, 0.25) is 0 Å². The first kappa shape index (κ1) is 20.4. The Labute approximate surface area is 182 Å². The molecule has 152 valence electrons. The Morgan fingerprint density at radius 2 is 1.23 bits per heavy atom. The number of aryl methyl sites for hydroxylation is 2. The Hall–Kier alpha value is -2.86. The molecule has 0 heteroatoms. The topological polar surface area (TPSA) is 0 Å². The van der Waals surface area contributed by atoms with E-state index < -0.39 is 0 Å². The number of hydrogen-bond donors (Lipinski definition) is 0. The molecule has 0 aromatic heterocycles. The Balaban J connectivity index is 1.36. The molecule has 0 N–H and O–H groups in total. The molecular formula is C30H32. The van der Waals surface area contributed by atoms with Crippen molar-refractivity contribution < 1.29 is 0 Å². The molecule has 0 fully saturated rings. The molecule has 1 aliphatic rings. The average Bonchev–Trinajstić information content (AvgIpc) is 2.77. The zero-order valence-corrected chi connectivity index (χ0v) is 17.8. The summed E-state index contributed by atoms with van der Waals surface area (Å²) >= 11 is 0. The van der Waals surface area contributed by atoms with E-state index in [4.69, 9.17) is 0 Å². The van der Waals surface area contributed by atoms with E-state index in [-0.39, 0.29) is 0 Å². The lowest BCUT2D eigenvalue weighted by Crippen LogP contribution is -2.10. The summed E-state index contributed by atoms with van der Waals surface area (Å²) in [5.74, 6) is 0.600. The summed E-state index contributed by atoms with van der Waals surface area (Å²) in [7, 11) is 0. The second-order valence-electron chi connectivity index (χ2n) is 8.36. The molecular weight excluding hydrogens is 360 g/mol. The molecule has 1 unspecified atom stereocenters. The first-order chi connectivity index (χ1) is 14.9. The molecule has 30 heavy (non-hydrogen) atoms. The van der Waals surface area contributed by atoms with Crippen molar-refractivity contribution in [2.45, 2.75) is 50.9 Å². The second-order valence-corrected chi connectivity index (χ2v) is 8.36. The highest BCUT2D eigenvalue weighted by molar-refractivity contribution is 5.44. The van der Waals surface area contributed by atoms with E-state index in [2.05, 4.69) is 103 Å². The maximum atomic E-state index is 2.53. The molecule has 1 atom stereocenters. The quantitative estimate of drug-likeness (QED) is 0.306. The van der Waals surface area contributed by atoms with Crippen LogP contribution < -0.4 is 0 Å². The van der Waals surface area contributed by atoms with Gasteiger partial charge >= 0.3 is 0 Å². The van der Waals surface area contributed by atoms with Gasteiger partial charge in [-0.3, -0.25) is 0 Å². The standard InChI is InChI=1S/C30H32/c1-4-13-25(14-5-1)17-10-11-21-28(22-12-18-26-15-6-2-7-16-26)30-23-29(24-30)27-19-8-3-9-20-27/h1-9,13-16,19-21,23,29H,10-12,17-18,22,24H2/b28-21-. The van der Waals surface area contributed by atoms with Gasteiger partial charge in [0.25, 0.3) is 0 Å². The largest absolute Gasteiger partial charge is 0.0810 e. The summed E-state index contributed by atoms with van der Waals surface area (Å²) in [5, 5.41) is 0. The van der Waals surface area contributed by atoms with Crippen molar-refractivity contribution in [3.8, 4) is 0 Å². The van der Waals surface area contributed by atoms with E-state index in [0.717, 1.165) is 6.42 Å². The molecule has 0 nitrogen and oxygen atoms in total. The summed E-state index contributed by atoms with van der Waals surface area (Å²) < 4.78 is 0. The molecule has 0 saturated carbocycles. The molecule has 3 aromatic carbocycles. The van der Waals surface area contributed by atoms with Crippen LogP contribution in [-0.2, 0) is 12.8 Å². The summed E-state index contributed by atoms with van der Waals surface area (Å²) in [6.07, 6.45) is 13.4. The van der Waals surface area contributed by atoms with Gasteiger partial charge in [-0.1, -0.05) is 103 Å². The maximum absolute atomic E-state index is 2.53. The van der Waals surface area contributed by atoms with Crippen molar-refractivity contribution >= 4 is 0 Å². The first-order valence-corrected chi connectivity index (χ1v) is 11.4. The third-order valence-electron chi connectivity index (χ3n) is 6.14. The van der Waals surface area contributed by atoms with Crippen LogP contribution in [0.5, 0.6) is 0 Å². The van der Waals surface area contributed by atoms with Crippen LogP contribution in [0.15, 0.2) is 114 Å². The molecule has 4 rings (SSSR count). The highest BCUT2D eigenvalue weighted by Gasteiger charge is 2.22. The smallest absolute Gasteiger partial charge is 0.00642 e. The summed E-state index contributed by atoms with van der Waals surface area (Å²) in [4.78, 5) is 0.